The minimum atomic E-state index is -0.833. The van der Waals surface area contributed by atoms with Gasteiger partial charge in [-0.2, -0.15) is 0 Å². The number of pyridine rings is 2. The van der Waals surface area contributed by atoms with E-state index in [1.54, 1.807) is 38.5 Å². The van der Waals surface area contributed by atoms with Gasteiger partial charge in [0.05, 0.1) is 48.9 Å². The van der Waals surface area contributed by atoms with E-state index in [0.717, 1.165) is 84.8 Å². The highest BCUT2D eigenvalue weighted by Crippen LogP contribution is 2.37. The van der Waals surface area contributed by atoms with Crippen LogP contribution >= 0.6 is 23.2 Å². The van der Waals surface area contributed by atoms with Gasteiger partial charge in [0, 0.05) is 61.7 Å². The van der Waals surface area contributed by atoms with Crippen molar-refractivity contribution in [1.29, 1.82) is 0 Å². The van der Waals surface area contributed by atoms with Gasteiger partial charge in [-0.1, -0.05) is 30.6 Å². The maximum Gasteiger partial charge on any atom is 0.300 e. The number of hydrogen-bond acceptors (Lipinski definition) is 10. The van der Waals surface area contributed by atoms with Crippen LogP contribution in [-0.4, -0.2) is 66.1 Å². The van der Waals surface area contributed by atoms with Gasteiger partial charge in [-0.15, -0.1) is 0 Å². The van der Waals surface area contributed by atoms with Crippen LogP contribution in [0.3, 0.4) is 0 Å². The molecule has 0 saturated heterocycles. The van der Waals surface area contributed by atoms with Crippen molar-refractivity contribution in [1.82, 2.24) is 24.9 Å². The Morgan fingerprint density at radius 2 is 1.15 bits per heavy atom. The molecule has 15 heteroatoms. The van der Waals surface area contributed by atoms with E-state index in [1.165, 1.54) is 11.1 Å². The van der Waals surface area contributed by atoms with E-state index < -0.39 is 5.97 Å². The van der Waals surface area contributed by atoms with Crippen LogP contribution in [0.4, 0.5) is 0 Å². The van der Waals surface area contributed by atoms with Gasteiger partial charge in [0.2, 0.25) is 0 Å². The molecule has 4 aromatic heterocycles. The van der Waals surface area contributed by atoms with Crippen molar-refractivity contribution < 1.29 is 34.4 Å². The summed E-state index contributed by atoms with van der Waals surface area (Å²) in [7, 11) is 3.11. The van der Waals surface area contributed by atoms with Crippen molar-refractivity contribution in [2.24, 2.45) is 5.73 Å². The van der Waals surface area contributed by atoms with Gasteiger partial charge in [-0.05, 0) is 121 Å². The first-order valence-corrected chi connectivity index (χ1v) is 20.1. The number of hydrogen-bond donors (Lipinski definition) is 5. The summed E-state index contributed by atoms with van der Waals surface area (Å²) in [6, 6.07) is 16.0. The fourth-order valence-electron chi connectivity index (χ4n) is 7.73. The number of ether oxygens (including phenoxy) is 2. The second-order valence-electron chi connectivity index (χ2n) is 14.8. The lowest BCUT2D eigenvalue weighted by atomic mass is 9.82. The van der Waals surface area contributed by atoms with Gasteiger partial charge in [0.15, 0.2) is 0 Å². The molecule has 13 nitrogen and oxygen atoms in total. The maximum atomic E-state index is 11.5. The Morgan fingerprint density at radius 1 is 0.750 bits per heavy atom. The Hall–Kier alpha value is -5.02. The molecule has 8 N–H and O–H groups in total. The van der Waals surface area contributed by atoms with Gasteiger partial charge >= 0.3 is 0 Å². The normalized spacial score (nSPS) is 16.4. The summed E-state index contributed by atoms with van der Waals surface area (Å²) in [6.07, 6.45) is 15.5. The molecule has 0 bridgehead atoms. The summed E-state index contributed by atoms with van der Waals surface area (Å²) in [4.78, 5) is 30.0. The van der Waals surface area contributed by atoms with Crippen LogP contribution in [0.1, 0.15) is 99.8 Å². The molecule has 0 aliphatic heterocycles. The predicted octanol–water partition coefficient (Wildman–Crippen LogP) is 9.41. The smallest absolute Gasteiger partial charge is 0.300 e. The van der Waals surface area contributed by atoms with Gasteiger partial charge < -0.3 is 45.5 Å². The highest BCUT2D eigenvalue weighted by molar-refractivity contribution is 6.32. The van der Waals surface area contributed by atoms with E-state index in [0.29, 0.717) is 63.6 Å². The minimum absolute atomic E-state index is 0. The molecule has 2 aromatic carbocycles. The molecule has 2 aliphatic rings. The number of aliphatic hydroxyl groups is 2. The molecule has 0 spiro atoms. The molecular weight excluding hydrogens is 807 g/mol. The number of rotatable bonds is 8. The fraction of sp³-hybridized carbons (Fsp3) is 0.378. The highest BCUT2D eigenvalue weighted by atomic mass is 35.5. The number of benzene rings is 2. The molecule has 0 atom stereocenters. The molecule has 322 valence electrons. The zero-order chi connectivity index (χ0) is 41.5. The Kier molecular flexibility index (Phi) is 17.1. The van der Waals surface area contributed by atoms with Gasteiger partial charge in [-0.3, -0.25) is 9.59 Å². The van der Waals surface area contributed by atoms with E-state index in [4.69, 9.17) is 58.3 Å². The maximum absolute atomic E-state index is 11.5. The van der Waals surface area contributed by atoms with E-state index in [2.05, 4.69) is 30.5 Å². The number of carbonyl (C=O) groups excluding carboxylic acids is 1. The predicted molar refractivity (Wildman–Crippen MR) is 237 cm³/mol. The van der Waals surface area contributed by atoms with E-state index in [9.17, 15) is 15.0 Å². The Morgan fingerprint density at radius 3 is 1.53 bits per heavy atom. The molecule has 2 fully saturated rings. The zero-order valence-electron chi connectivity index (χ0n) is 33.5. The van der Waals surface area contributed by atoms with Crippen molar-refractivity contribution in [3.63, 3.8) is 0 Å². The van der Waals surface area contributed by atoms with Crippen LogP contribution in [0.25, 0.3) is 33.8 Å². The molecule has 8 rings (SSSR count). The second-order valence-corrected chi connectivity index (χ2v) is 15.6. The number of halogens is 2. The Labute approximate surface area is 360 Å². The summed E-state index contributed by atoms with van der Waals surface area (Å²) < 4.78 is 14.5. The number of nitrogens with two attached hydrogens (primary N) is 1. The van der Waals surface area contributed by atoms with Crippen LogP contribution in [0.5, 0.6) is 11.5 Å². The van der Waals surface area contributed by atoms with Gasteiger partial charge in [0.25, 0.3) is 5.97 Å². The number of carboxylic acids is 1. The Bertz CT molecular complexity index is 2390. The quantitative estimate of drug-likeness (QED) is 0.0973. The molecule has 2 saturated carbocycles. The number of aromatic nitrogens is 4. The second kappa shape index (κ2) is 21.5. The number of carboxylic acid groups (broad SMARTS) is 1. The Balaban J connectivity index is 0.000000236. The van der Waals surface area contributed by atoms with E-state index in [1.807, 2.05) is 27.4 Å². The molecule has 60 heavy (non-hydrogen) atoms. The SMILES string of the molecule is C.CC(=O)O.COc1cc(CO)c(-c2cn3ccc(C4CCC(=O)CC4)cc3n2)cc1Cl.COc1cc(CO)c(-c2cn3ccc(C4CCC(N)CC4)cc3n2)cc1Cl.N. The number of ketones is 1. The molecule has 0 amide bonds. The first-order chi connectivity index (χ1) is 27.9. The number of aliphatic hydroxyl groups excluding tert-OH is 2. The van der Waals surface area contributed by atoms with E-state index in [-0.39, 0.29) is 26.8 Å². The van der Waals surface area contributed by atoms with Crippen LogP contribution < -0.4 is 21.4 Å². The van der Waals surface area contributed by atoms with Crippen molar-refractivity contribution in [2.75, 3.05) is 14.2 Å². The zero-order valence-corrected chi connectivity index (χ0v) is 35.0. The molecule has 0 unspecified atom stereocenters. The number of aliphatic carboxylic acids is 1. The third-order valence-electron chi connectivity index (χ3n) is 10.9. The van der Waals surface area contributed by atoms with Gasteiger partial charge in [-0.25, -0.2) is 9.97 Å². The standard InChI is InChI=1S/C21H24ClN3O2.C21H21ClN2O3.C2H4O2.CH4.H3N/c1-27-20-8-15(12-26)17(10-18(20)22)19-11-25-7-6-14(9-21(25)24-19)13-2-4-16(23)5-3-13;1-27-20-8-15(12-25)17(10-18(20)22)19-11-24-7-6-14(9-21(24)23-19)13-2-4-16(26)5-3-13;1-2(3)4;;/h6-11,13,16,26H,2-5,12,23H2,1H3;6-11,13,25H,2-5,12H2,1H3;1H3,(H,3,4);1H4;1H3. The van der Waals surface area contributed by atoms with E-state index >= 15 is 0 Å². The lowest BCUT2D eigenvalue weighted by molar-refractivity contribution is -0.134. The number of Topliss-reactive ketones (excluding diaryl/α,β-unsaturated/α-hetero) is 1. The van der Waals surface area contributed by atoms with Crippen LogP contribution in [-0.2, 0) is 22.8 Å². The summed E-state index contributed by atoms with van der Waals surface area (Å²) in [5.74, 6) is 1.58. The lowest BCUT2D eigenvalue weighted by Crippen LogP contribution is -2.25. The highest BCUT2D eigenvalue weighted by Gasteiger charge is 2.23. The molecule has 2 aliphatic carbocycles. The average Bonchev–Trinajstić information content (AvgIpc) is 3.85. The average molecular weight is 864 g/mol. The number of carbonyl (C=O) groups is 2. The first kappa shape index (κ1) is 47.7. The summed E-state index contributed by atoms with van der Waals surface area (Å²) in [6.45, 7) is 0.850. The monoisotopic (exact) mass is 862 g/mol. The van der Waals surface area contributed by atoms with Crippen LogP contribution in [0.2, 0.25) is 10.0 Å². The number of fused-ring (bicyclic) bond motifs is 2. The summed E-state index contributed by atoms with van der Waals surface area (Å²) >= 11 is 12.6. The number of nitrogens with zero attached hydrogens (tertiary/aromatic N) is 4. The van der Waals surface area contributed by atoms with Crippen molar-refractivity contribution >= 4 is 46.2 Å². The van der Waals surface area contributed by atoms with Crippen molar-refractivity contribution in [2.45, 2.75) is 96.8 Å². The van der Waals surface area contributed by atoms with Crippen LogP contribution in [0.15, 0.2) is 73.3 Å². The third kappa shape index (κ3) is 11.2. The van der Waals surface area contributed by atoms with Gasteiger partial charge in [0.1, 0.15) is 28.6 Å². The lowest BCUT2D eigenvalue weighted by Gasteiger charge is -2.26. The third-order valence-corrected chi connectivity index (χ3v) is 11.5. The van der Waals surface area contributed by atoms with Crippen molar-refractivity contribution in [3.05, 3.63) is 106 Å². The summed E-state index contributed by atoms with van der Waals surface area (Å²) in [5, 5.41) is 27.9. The molecular formula is C45H56Cl2N6O7. The first-order valence-electron chi connectivity index (χ1n) is 19.3. The topological polar surface area (TPSA) is 209 Å². The minimum Gasteiger partial charge on any atom is -0.495 e. The number of imidazole rings is 2. The molecule has 6 aromatic rings. The van der Waals surface area contributed by atoms with Crippen LogP contribution in [0, 0.1) is 0 Å². The summed E-state index contributed by atoms with van der Waals surface area (Å²) in [5.41, 5.74) is 14.9. The largest absolute Gasteiger partial charge is 0.495 e. The van der Waals surface area contributed by atoms with Crippen molar-refractivity contribution in [3.8, 4) is 34.0 Å². The molecule has 4 heterocycles. The number of methoxy groups -OCH3 is 2. The molecule has 0 radical (unpaired) electrons. The fourth-order valence-corrected chi connectivity index (χ4v) is 8.21.